The van der Waals surface area contributed by atoms with Gasteiger partial charge in [0, 0.05) is 25.7 Å². The third kappa shape index (κ3) is 62.8. The van der Waals surface area contributed by atoms with E-state index in [0.717, 1.165) is 95.8 Å². The lowest BCUT2D eigenvalue weighted by molar-refractivity contribution is -0.161. The third-order valence-electron chi connectivity index (χ3n) is 16.0. The summed E-state index contributed by atoms with van der Waals surface area (Å²) in [5.74, 6) is -1.41. The molecule has 0 amide bonds. The maximum atomic E-state index is 13.0. The minimum absolute atomic E-state index is 0.105. The van der Waals surface area contributed by atoms with E-state index in [4.69, 9.17) is 37.0 Å². The Bertz CT molecular complexity index is 1700. The topological polar surface area (TPSA) is 237 Å². The van der Waals surface area contributed by atoms with Crippen molar-refractivity contribution in [2.45, 2.75) is 374 Å². The summed E-state index contributed by atoms with van der Waals surface area (Å²) in [7, 11) is -9.89. The Balaban J connectivity index is 5.24. The van der Waals surface area contributed by atoms with Crippen LogP contribution >= 0.6 is 15.6 Å². The highest BCUT2D eigenvalue weighted by Gasteiger charge is 2.30. The first-order chi connectivity index (χ1) is 42.5. The second-order valence-corrected chi connectivity index (χ2v) is 28.3. The average molecular weight is 1300 g/mol. The summed E-state index contributed by atoms with van der Waals surface area (Å²) in [6.45, 7) is 7.19. The van der Waals surface area contributed by atoms with Crippen LogP contribution in [0.4, 0.5) is 0 Å². The van der Waals surface area contributed by atoms with Crippen molar-refractivity contribution in [1.29, 1.82) is 0 Å². The smallest absolute Gasteiger partial charge is 0.462 e. The molecule has 5 atom stereocenters. The van der Waals surface area contributed by atoms with Crippen molar-refractivity contribution in [1.82, 2.24) is 0 Å². The first kappa shape index (κ1) is 86.1. The van der Waals surface area contributed by atoms with Crippen molar-refractivity contribution < 1.29 is 80.2 Å². The Labute approximate surface area is 537 Å². The van der Waals surface area contributed by atoms with Gasteiger partial charge in [-0.15, -0.1) is 0 Å². The van der Waals surface area contributed by atoms with Crippen molar-refractivity contribution in [3.63, 3.8) is 0 Å². The molecule has 522 valence electrons. The first-order valence-electron chi connectivity index (χ1n) is 36.1. The van der Waals surface area contributed by atoms with Crippen molar-refractivity contribution in [3.8, 4) is 0 Å². The summed E-state index contributed by atoms with van der Waals surface area (Å²) in [5, 5.41) is 10.6. The zero-order chi connectivity index (χ0) is 64.9. The van der Waals surface area contributed by atoms with E-state index in [2.05, 4.69) is 34.6 Å². The van der Waals surface area contributed by atoms with Crippen molar-refractivity contribution in [2.24, 2.45) is 5.92 Å². The van der Waals surface area contributed by atoms with Gasteiger partial charge in [0.25, 0.3) is 0 Å². The molecule has 0 heterocycles. The van der Waals surface area contributed by atoms with Crippen LogP contribution in [-0.4, -0.2) is 96.7 Å². The standard InChI is InChI=1S/C69H134O17P2/c1-6-9-12-15-18-21-24-26-27-28-30-33-39-44-49-54-68(73)85-64(58-80-67(72)53-48-43-38-32-29-25-22-19-16-13-10-7-2)60-83-87(75,76)81-56-63(70)57-82-88(77,78)84-61-65(59-79-66(71)52-47-42-37-31-23-20-17-14-11-8-3)86-69(74)55-50-45-40-35-34-36-41-46-51-62(4)5/h62-65,70H,6-61H2,1-5H3,(H,75,76)(H,77,78)/t63-,64-,65-/m1/s1. The lowest BCUT2D eigenvalue weighted by Crippen LogP contribution is -2.30. The van der Waals surface area contributed by atoms with Crippen LogP contribution in [0.15, 0.2) is 0 Å². The highest BCUT2D eigenvalue weighted by molar-refractivity contribution is 7.47. The Hall–Kier alpha value is -1.94. The van der Waals surface area contributed by atoms with Gasteiger partial charge in [-0.25, -0.2) is 9.13 Å². The monoisotopic (exact) mass is 1300 g/mol. The second kappa shape index (κ2) is 62.5. The molecule has 0 bridgehead atoms. The zero-order valence-electron chi connectivity index (χ0n) is 56.9. The second-order valence-electron chi connectivity index (χ2n) is 25.4. The number of aliphatic hydroxyl groups is 1. The fourth-order valence-corrected chi connectivity index (χ4v) is 12.0. The molecule has 0 aliphatic rings. The molecule has 0 aromatic rings. The van der Waals surface area contributed by atoms with Crippen LogP contribution in [0.1, 0.15) is 356 Å². The molecule has 2 unspecified atom stereocenters. The summed E-state index contributed by atoms with van der Waals surface area (Å²) in [6, 6.07) is 0. The largest absolute Gasteiger partial charge is 0.472 e. The lowest BCUT2D eigenvalue weighted by Gasteiger charge is -2.21. The molecule has 17 nitrogen and oxygen atoms in total. The number of aliphatic hydroxyl groups excluding tert-OH is 1. The van der Waals surface area contributed by atoms with Crippen LogP contribution in [0, 0.1) is 5.92 Å². The molecule has 0 radical (unpaired) electrons. The summed E-state index contributed by atoms with van der Waals surface area (Å²) < 4.78 is 68.2. The van der Waals surface area contributed by atoms with Gasteiger partial charge in [-0.1, -0.05) is 304 Å². The molecule has 0 rings (SSSR count). The van der Waals surface area contributed by atoms with E-state index < -0.39 is 97.5 Å². The third-order valence-corrected chi connectivity index (χ3v) is 17.9. The van der Waals surface area contributed by atoms with Gasteiger partial charge in [-0.3, -0.25) is 37.3 Å². The van der Waals surface area contributed by atoms with Gasteiger partial charge < -0.3 is 33.8 Å². The van der Waals surface area contributed by atoms with Crippen LogP contribution in [0.25, 0.3) is 0 Å². The zero-order valence-corrected chi connectivity index (χ0v) is 58.6. The highest BCUT2D eigenvalue weighted by Crippen LogP contribution is 2.45. The van der Waals surface area contributed by atoms with Gasteiger partial charge in [0.15, 0.2) is 12.2 Å². The summed E-state index contributed by atoms with van der Waals surface area (Å²) in [6.07, 6.45) is 48.5. The normalized spacial score (nSPS) is 14.1. The molecule has 0 aromatic heterocycles. The number of hydrogen-bond acceptors (Lipinski definition) is 15. The summed E-state index contributed by atoms with van der Waals surface area (Å²) in [5.41, 5.74) is 0. The number of phosphoric acid groups is 2. The number of phosphoric ester groups is 2. The Morgan fingerprint density at radius 2 is 0.523 bits per heavy atom. The van der Waals surface area contributed by atoms with Gasteiger partial charge in [0.05, 0.1) is 26.4 Å². The number of hydrogen-bond donors (Lipinski definition) is 3. The van der Waals surface area contributed by atoms with Gasteiger partial charge in [0.2, 0.25) is 0 Å². The molecule has 0 aliphatic carbocycles. The molecule has 0 saturated carbocycles. The molecule has 88 heavy (non-hydrogen) atoms. The van der Waals surface area contributed by atoms with Crippen LogP contribution in [0.2, 0.25) is 0 Å². The molecule has 0 fully saturated rings. The number of esters is 4. The number of ether oxygens (including phenoxy) is 4. The maximum absolute atomic E-state index is 13.0. The molecule has 0 aliphatic heterocycles. The van der Waals surface area contributed by atoms with E-state index in [0.29, 0.717) is 25.7 Å². The number of rotatable bonds is 69. The Kier molecular flexibility index (Phi) is 61.1. The quantitative estimate of drug-likeness (QED) is 0.0222. The Morgan fingerprint density at radius 3 is 0.773 bits per heavy atom. The van der Waals surface area contributed by atoms with Gasteiger partial charge in [-0.2, -0.15) is 0 Å². The van der Waals surface area contributed by atoms with Gasteiger partial charge in [0.1, 0.15) is 19.3 Å². The first-order valence-corrected chi connectivity index (χ1v) is 39.1. The minimum Gasteiger partial charge on any atom is -0.462 e. The van der Waals surface area contributed by atoms with E-state index in [1.807, 2.05) is 0 Å². The van der Waals surface area contributed by atoms with Crippen molar-refractivity contribution in [3.05, 3.63) is 0 Å². The van der Waals surface area contributed by atoms with E-state index >= 15 is 0 Å². The molecular formula is C69H134O17P2. The molecule has 19 heteroatoms. The average Bonchev–Trinajstić information content (AvgIpc) is 3.49. The van der Waals surface area contributed by atoms with E-state index in [9.17, 15) is 43.2 Å². The van der Waals surface area contributed by atoms with Crippen LogP contribution in [-0.2, 0) is 65.4 Å². The van der Waals surface area contributed by atoms with Gasteiger partial charge in [-0.05, 0) is 31.6 Å². The van der Waals surface area contributed by atoms with E-state index in [-0.39, 0.29) is 25.7 Å². The predicted octanol–water partition coefficient (Wildman–Crippen LogP) is 19.7. The van der Waals surface area contributed by atoms with Crippen LogP contribution in [0.5, 0.6) is 0 Å². The Morgan fingerprint density at radius 1 is 0.307 bits per heavy atom. The fourth-order valence-electron chi connectivity index (χ4n) is 10.5. The van der Waals surface area contributed by atoms with Gasteiger partial charge >= 0.3 is 39.5 Å². The fraction of sp³-hybridized carbons (Fsp3) is 0.942. The minimum atomic E-state index is -4.95. The van der Waals surface area contributed by atoms with Crippen LogP contribution in [0.3, 0.4) is 0 Å². The van der Waals surface area contributed by atoms with E-state index in [1.165, 1.54) is 180 Å². The molecule has 0 spiro atoms. The number of carbonyl (C=O) groups excluding carboxylic acids is 4. The predicted molar refractivity (Wildman–Crippen MR) is 354 cm³/mol. The highest BCUT2D eigenvalue weighted by atomic mass is 31.2. The molecule has 0 aromatic carbocycles. The lowest BCUT2D eigenvalue weighted by atomic mass is 10.0. The van der Waals surface area contributed by atoms with E-state index in [1.54, 1.807) is 0 Å². The molecule has 0 saturated heterocycles. The molecular weight excluding hydrogens is 1160 g/mol. The van der Waals surface area contributed by atoms with Crippen LogP contribution < -0.4 is 0 Å². The number of carbonyl (C=O) groups is 4. The van der Waals surface area contributed by atoms with Crippen molar-refractivity contribution >= 4 is 39.5 Å². The van der Waals surface area contributed by atoms with Crippen molar-refractivity contribution in [2.75, 3.05) is 39.6 Å². The summed E-state index contributed by atoms with van der Waals surface area (Å²) >= 11 is 0. The SMILES string of the molecule is CCCCCCCCCCCCCCCCCC(=O)O[C@H](COC(=O)CCCCCCCCCCCCCC)COP(=O)(O)OC[C@@H](O)COP(=O)(O)OC[C@@H](COC(=O)CCCCCCCCCCCC)OC(=O)CCCCCCCCCCC(C)C. The maximum Gasteiger partial charge on any atom is 0.472 e. The molecule has 3 N–H and O–H groups in total. The summed E-state index contributed by atoms with van der Waals surface area (Å²) in [4.78, 5) is 72.5. The number of unbranched alkanes of at least 4 members (excludes halogenated alkanes) is 41.